The number of carbonyl (C=O) groups excluding carboxylic acids is 1. The summed E-state index contributed by atoms with van der Waals surface area (Å²) in [6.07, 6.45) is 61.4. The minimum atomic E-state index is -0.750. The fourth-order valence-corrected chi connectivity index (χ4v) is 5.17. The van der Waals surface area contributed by atoms with E-state index in [1.807, 2.05) is 18.2 Å². The van der Waals surface area contributed by atoms with E-state index in [0.29, 0.717) is 0 Å². The summed E-state index contributed by atoms with van der Waals surface area (Å²) in [6.45, 7) is 0. The summed E-state index contributed by atoms with van der Waals surface area (Å²) < 4.78 is 0. The first kappa shape index (κ1) is 44.6. The van der Waals surface area contributed by atoms with E-state index in [9.17, 15) is 9.90 Å². The first-order valence-corrected chi connectivity index (χ1v) is 19.1. The molecule has 0 unspecified atom stereocenters. The predicted molar refractivity (Wildman–Crippen MR) is 210 cm³/mol. The number of terminal acetylenes is 2. The third-order valence-corrected chi connectivity index (χ3v) is 8.03. The van der Waals surface area contributed by atoms with Gasteiger partial charge in [-0.2, -0.15) is 0 Å². The lowest BCUT2D eigenvalue weighted by Gasteiger charge is -2.02. The molecule has 0 bridgehead atoms. The third-order valence-electron chi connectivity index (χ3n) is 8.03. The first-order chi connectivity index (χ1) is 23.7. The normalized spacial score (nSPS) is 12.0. The molecule has 0 rings (SSSR count). The molecule has 0 aliphatic carbocycles. The first-order valence-electron chi connectivity index (χ1n) is 19.1. The van der Waals surface area contributed by atoms with Crippen molar-refractivity contribution in [2.75, 3.05) is 0 Å². The van der Waals surface area contributed by atoms with Gasteiger partial charge >= 0.3 is 0 Å². The van der Waals surface area contributed by atoms with Gasteiger partial charge in [0.25, 0.3) is 5.78 Å². The number of unbranched alkanes of at least 4 members (excludes halogenated alkanes) is 22. The van der Waals surface area contributed by atoms with Crippen molar-refractivity contribution in [3.63, 3.8) is 0 Å². The SMILES string of the molecule is C#C/C=C/CCCCCCCCCCCCCC/C=C\CC/C=C\C#CC(=O)C#CCCCC/C=C\CCCCCC/C=C/[C@H](O)C#C. The van der Waals surface area contributed by atoms with E-state index in [1.165, 1.54) is 103 Å². The van der Waals surface area contributed by atoms with Crippen molar-refractivity contribution in [3.05, 3.63) is 60.8 Å². The predicted octanol–water partition coefficient (Wildman–Crippen LogP) is 12.1. The zero-order valence-electron chi connectivity index (χ0n) is 30.2. The smallest absolute Gasteiger partial charge is 0.279 e. The highest BCUT2D eigenvalue weighted by Gasteiger charge is 1.94. The van der Waals surface area contributed by atoms with Gasteiger partial charge in [0, 0.05) is 6.42 Å². The Kier molecular flexibility index (Phi) is 36.9. The molecule has 0 aromatic carbocycles. The number of carbonyl (C=O) groups is 1. The Labute approximate surface area is 297 Å². The number of allylic oxidation sites excluding steroid dienone is 9. The molecule has 0 aliphatic heterocycles. The molecule has 0 aromatic heterocycles. The monoisotopic (exact) mass is 651 g/mol. The number of rotatable bonds is 30. The zero-order valence-corrected chi connectivity index (χ0v) is 30.2. The second-order valence-electron chi connectivity index (χ2n) is 12.5. The lowest BCUT2D eigenvalue weighted by atomic mass is 10.0. The van der Waals surface area contributed by atoms with Crippen LogP contribution in [-0.4, -0.2) is 17.0 Å². The van der Waals surface area contributed by atoms with Gasteiger partial charge < -0.3 is 5.11 Å². The standard InChI is InChI=1S/C46H66O2/c1-3-5-6-7-8-9-10-11-12-13-14-15-16-17-18-19-20-21-25-28-31-34-37-40-43-46(48)44-41-38-35-32-29-26-23-22-24-27-30-33-36-39-42-45(47)4-2/h1-2,5-6,21,23,25-26,34,37,39,42,45,47H,7-20,22,24,27-33,35-36,38H2/b6-5+,25-21-,26-23-,37-34-,42-39+/t45-/m1/s1. The maximum absolute atomic E-state index is 11.8. The molecular weight excluding hydrogens is 585 g/mol. The number of hydrogen-bond acceptors (Lipinski definition) is 2. The van der Waals surface area contributed by atoms with Crippen molar-refractivity contribution in [3.8, 4) is 48.4 Å². The molecule has 2 heteroatoms. The van der Waals surface area contributed by atoms with Gasteiger partial charge in [0.2, 0.25) is 0 Å². The molecule has 0 aliphatic rings. The van der Waals surface area contributed by atoms with E-state index >= 15 is 0 Å². The molecule has 1 atom stereocenters. The quantitative estimate of drug-likeness (QED) is 0.0363. The second kappa shape index (κ2) is 39.7. The van der Waals surface area contributed by atoms with Gasteiger partial charge in [0.15, 0.2) is 0 Å². The van der Waals surface area contributed by atoms with E-state index in [1.54, 1.807) is 12.2 Å². The minimum Gasteiger partial charge on any atom is -0.377 e. The summed E-state index contributed by atoms with van der Waals surface area (Å²) in [7, 11) is 0. The number of aliphatic hydroxyl groups is 1. The number of hydrogen-bond donors (Lipinski definition) is 1. The Morgan fingerprint density at radius 1 is 0.500 bits per heavy atom. The van der Waals surface area contributed by atoms with E-state index in [-0.39, 0.29) is 5.78 Å². The highest BCUT2D eigenvalue weighted by molar-refractivity contribution is 6.08. The van der Waals surface area contributed by atoms with Crippen molar-refractivity contribution in [2.24, 2.45) is 0 Å². The number of aliphatic hydroxyl groups excluding tert-OH is 1. The average Bonchev–Trinajstić information content (AvgIpc) is 3.09. The van der Waals surface area contributed by atoms with Crippen LogP contribution in [0.4, 0.5) is 0 Å². The van der Waals surface area contributed by atoms with Gasteiger partial charge in [-0.15, -0.1) is 12.8 Å². The van der Waals surface area contributed by atoms with E-state index < -0.39 is 6.10 Å². The Morgan fingerprint density at radius 3 is 1.44 bits per heavy atom. The molecule has 1 N–H and O–H groups in total. The average molecular weight is 651 g/mol. The molecule has 0 aromatic rings. The maximum Gasteiger partial charge on any atom is 0.279 e. The van der Waals surface area contributed by atoms with Crippen LogP contribution < -0.4 is 0 Å². The Morgan fingerprint density at radius 2 is 0.917 bits per heavy atom. The summed E-state index contributed by atoms with van der Waals surface area (Å²) in [5, 5.41) is 9.24. The van der Waals surface area contributed by atoms with Crippen LogP contribution in [0.25, 0.3) is 0 Å². The van der Waals surface area contributed by atoms with Crippen LogP contribution >= 0.6 is 0 Å². The van der Waals surface area contributed by atoms with Gasteiger partial charge in [-0.05, 0) is 114 Å². The van der Waals surface area contributed by atoms with Crippen LogP contribution in [0.3, 0.4) is 0 Å². The summed E-state index contributed by atoms with van der Waals surface area (Å²) in [6, 6.07) is 0. The van der Waals surface area contributed by atoms with Crippen LogP contribution in [-0.2, 0) is 4.79 Å². The Hall–Kier alpha value is -3.43. The van der Waals surface area contributed by atoms with Crippen LogP contribution in [0.5, 0.6) is 0 Å². The topological polar surface area (TPSA) is 37.3 Å². The van der Waals surface area contributed by atoms with Crippen LogP contribution in [0, 0.1) is 48.4 Å². The highest BCUT2D eigenvalue weighted by Crippen LogP contribution is 2.13. The molecule has 0 saturated carbocycles. The molecule has 48 heavy (non-hydrogen) atoms. The minimum absolute atomic E-state index is 0.298. The zero-order chi connectivity index (χ0) is 34.9. The fourth-order valence-electron chi connectivity index (χ4n) is 5.17. The van der Waals surface area contributed by atoms with Gasteiger partial charge in [0.05, 0.1) is 0 Å². The molecule has 0 saturated heterocycles. The van der Waals surface area contributed by atoms with E-state index in [2.05, 4.69) is 65.9 Å². The summed E-state index contributed by atoms with van der Waals surface area (Å²) in [4.78, 5) is 11.8. The van der Waals surface area contributed by atoms with E-state index in [4.69, 9.17) is 12.8 Å². The highest BCUT2D eigenvalue weighted by atomic mass is 16.3. The van der Waals surface area contributed by atoms with Gasteiger partial charge in [-0.3, -0.25) is 4.79 Å². The van der Waals surface area contributed by atoms with Crippen LogP contribution in [0.15, 0.2) is 60.8 Å². The summed E-state index contributed by atoms with van der Waals surface area (Å²) in [5.41, 5.74) is 0. The number of Topliss-reactive ketones (excluding diaryl/α,β-unsaturated/α-hetero) is 1. The largest absolute Gasteiger partial charge is 0.377 e. The molecule has 0 spiro atoms. The summed E-state index contributed by atoms with van der Waals surface area (Å²) >= 11 is 0. The Bertz CT molecular complexity index is 1110. The lowest BCUT2D eigenvalue weighted by molar-refractivity contribution is -0.108. The molecule has 0 amide bonds. The van der Waals surface area contributed by atoms with Crippen molar-refractivity contribution in [1.82, 2.24) is 0 Å². The maximum atomic E-state index is 11.8. The second-order valence-corrected chi connectivity index (χ2v) is 12.5. The van der Waals surface area contributed by atoms with Gasteiger partial charge in [-0.1, -0.05) is 143 Å². The van der Waals surface area contributed by atoms with Crippen molar-refractivity contribution in [2.45, 2.75) is 173 Å². The molecule has 0 heterocycles. The molecule has 262 valence electrons. The van der Waals surface area contributed by atoms with Crippen molar-refractivity contribution >= 4 is 5.78 Å². The van der Waals surface area contributed by atoms with E-state index in [0.717, 1.165) is 64.2 Å². The molecule has 0 radical (unpaired) electrons. The summed E-state index contributed by atoms with van der Waals surface area (Å²) in [5.74, 6) is 15.5. The third kappa shape index (κ3) is 38.8. The Balaban J connectivity index is 3.51. The number of ketones is 1. The van der Waals surface area contributed by atoms with Crippen molar-refractivity contribution in [1.29, 1.82) is 0 Å². The lowest BCUT2D eigenvalue weighted by Crippen LogP contribution is -1.95. The van der Waals surface area contributed by atoms with Crippen LogP contribution in [0.2, 0.25) is 0 Å². The van der Waals surface area contributed by atoms with Crippen LogP contribution in [0.1, 0.15) is 167 Å². The fraction of sp³-hybridized carbons (Fsp3) is 0.587. The molecule has 2 nitrogen and oxygen atoms in total. The van der Waals surface area contributed by atoms with Gasteiger partial charge in [-0.25, -0.2) is 0 Å². The molecular formula is C46H66O2. The van der Waals surface area contributed by atoms with Crippen molar-refractivity contribution < 1.29 is 9.90 Å². The molecule has 0 fully saturated rings. The van der Waals surface area contributed by atoms with Gasteiger partial charge in [0.1, 0.15) is 6.10 Å².